The highest BCUT2D eigenvalue weighted by Gasteiger charge is 2.27. The van der Waals surface area contributed by atoms with Crippen LogP contribution >= 0.6 is 23.1 Å². The molecule has 0 unspecified atom stereocenters. The molecule has 0 atom stereocenters. The third kappa shape index (κ3) is 5.79. The van der Waals surface area contributed by atoms with Gasteiger partial charge in [-0.1, -0.05) is 18.2 Å². The van der Waals surface area contributed by atoms with Crippen LogP contribution in [0.1, 0.15) is 11.3 Å². The first-order valence-corrected chi connectivity index (χ1v) is 11.9. The molecule has 1 aromatic heterocycles. The minimum Gasteiger partial charge on any atom is -0.379 e. The third-order valence-corrected chi connectivity index (χ3v) is 8.47. The zero-order valence-corrected chi connectivity index (χ0v) is 17.2. The van der Waals surface area contributed by atoms with E-state index in [1.54, 1.807) is 23.9 Å². The molecule has 2 heterocycles. The lowest BCUT2D eigenvalue weighted by Gasteiger charge is -2.25. The Kier molecular flexibility index (Phi) is 7.31. The van der Waals surface area contributed by atoms with E-state index in [1.807, 2.05) is 30.3 Å². The Bertz CT molecular complexity index is 847. The minimum atomic E-state index is -3.47. The normalized spacial score (nSPS) is 15.6. The average molecular weight is 427 g/mol. The lowest BCUT2D eigenvalue weighted by Crippen LogP contribution is -2.40. The van der Waals surface area contributed by atoms with Gasteiger partial charge in [-0.05, 0) is 24.3 Å². The highest BCUT2D eigenvalue weighted by molar-refractivity contribution is 7.99. The number of benzene rings is 1. The van der Waals surface area contributed by atoms with Gasteiger partial charge in [0, 0.05) is 35.0 Å². The molecule has 27 heavy (non-hydrogen) atoms. The smallest absolute Gasteiger partial charge is 0.252 e. The van der Waals surface area contributed by atoms with E-state index in [1.165, 1.54) is 15.6 Å². The van der Waals surface area contributed by atoms with E-state index in [4.69, 9.17) is 4.74 Å². The van der Waals surface area contributed by atoms with Crippen molar-refractivity contribution >= 4 is 39.0 Å². The summed E-state index contributed by atoms with van der Waals surface area (Å²) in [5.74, 6) is 0.668. The number of ether oxygens (including phenoxy) is 1. The van der Waals surface area contributed by atoms with Crippen LogP contribution < -0.4 is 5.32 Å². The second-order valence-corrected chi connectivity index (χ2v) is 10.4. The molecule has 1 N–H and O–H groups in total. The Morgan fingerprint density at radius 1 is 1.15 bits per heavy atom. The highest BCUT2D eigenvalue weighted by Crippen LogP contribution is 2.25. The SMILES string of the molecule is O=C(CCSc1ccccc1)NCc1ccc(S(=O)(=O)N2CCOCC2)s1. The van der Waals surface area contributed by atoms with E-state index >= 15 is 0 Å². The summed E-state index contributed by atoms with van der Waals surface area (Å²) >= 11 is 2.85. The van der Waals surface area contributed by atoms with Gasteiger partial charge in [-0.3, -0.25) is 4.79 Å². The van der Waals surface area contributed by atoms with E-state index in [0.29, 0.717) is 49.2 Å². The van der Waals surface area contributed by atoms with Gasteiger partial charge in [-0.15, -0.1) is 23.1 Å². The first-order valence-electron chi connectivity index (χ1n) is 8.67. The van der Waals surface area contributed by atoms with E-state index in [9.17, 15) is 13.2 Å². The summed E-state index contributed by atoms with van der Waals surface area (Å²) in [5.41, 5.74) is 0. The van der Waals surface area contributed by atoms with Gasteiger partial charge in [0.1, 0.15) is 4.21 Å². The molecule has 1 aromatic carbocycles. The molecule has 1 fully saturated rings. The fraction of sp³-hybridized carbons (Fsp3) is 0.389. The molecule has 1 aliphatic rings. The van der Waals surface area contributed by atoms with Crippen LogP contribution in [-0.2, 0) is 26.1 Å². The van der Waals surface area contributed by atoms with E-state index in [0.717, 1.165) is 9.77 Å². The second kappa shape index (κ2) is 9.70. The number of amides is 1. The number of hydrogen-bond acceptors (Lipinski definition) is 6. The van der Waals surface area contributed by atoms with Gasteiger partial charge in [-0.25, -0.2) is 8.42 Å². The van der Waals surface area contributed by atoms with Gasteiger partial charge in [0.25, 0.3) is 10.0 Å². The molecule has 1 saturated heterocycles. The first kappa shape index (κ1) is 20.3. The Morgan fingerprint density at radius 2 is 1.89 bits per heavy atom. The van der Waals surface area contributed by atoms with Gasteiger partial charge in [0.05, 0.1) is 19.8 Å². The average Bonchev–Trinajstić information content (AvgIpc) is 3.18. The van der Waals surface area contributed by atoms with Crippen molar-refractivity contribution in [3.05, 3.63) is 47.3 Å². The predicted molar refractivity (Wildman–Crippen MR) is 108 cm³/mol. The quantitative estimate of drug-likeness (QED) is 0.657. The highest BCUT2D eigenvalue weighted by atomic mass is 32.2. The van der Waals surface area contributed by atoms with Crippen LogP contribution in [0.5, 0.6) is 0 Å². The number of nitrogens with zero attached hydrogens (tertiary/aromatic N) is 1. The molecular weight excluding hydrogens is 404 g/mol. The molecular formula is C18H22N2O4S3. The minimum absolute atomic E-state index is 0.0376. The maximum atomic E-state index is 12.6. The third-order valence-electron chi connectivity index (χ3n) is 4.00. The molecule has 2 aromatic rings. The van der Waals surface area contributed by atoms with Crippen LogP contribution in [0.2, 0.25) is 0 Å². The summed E-state index contributed by atoms with van der Waals surface area (Å²) in [4.78, 5) is 14.0. The number of nitrogens with one attached hydrogen (secondary N) is 1. The summed E-state index contributed by atoms with van der Waals surface area (Å²) < 4.78 is 32.2. The number of morpholine rings is 1. The number of carbonyl (C=O) groups is 1. The van der Waals surface area contributed by atoms with Crippen LogP contribution in [-0.4, -0.2) is 50.7 Å². The zero-order chi connectivity index (χ0) is 19.1. The molecule has 0 aliphatic carbocycles. The number of hydrogen-bond donors (Lipinski definition) is 1. The van der Waals surface area contributed by atoms with Crippen LogP contribution in [0.4, 0.5) is 0 Å². The van der Waals surface area contributed by atoms with E-state index in [-0.39, 0.29) is 5.91 Å². The van der Waals surface area contributed by atoms with Gasteiger partial charge in [-0.2, -0.15) is 4.31 Å². The monoisotopic (exact) mass is 426 g/mol. The zero-order valence-electron chi connectivity index (χ0n) is 14.8. The molecule has 0 spiro atoms. The Hall–Kier alpha value is -1.39. The van der Waals surface area contributed by atoms with Crippen molar-refractivity contribution in [1.29, 1.82) is 0 Å². The molecule has 1 aliphatic heterocycles. The molecule has 6 nitrogen and oxygen atoms in total. The summed E-state index contributed by atoms with van der Waals surface area (Å²) in [6, 6.07) is 13.3. The van der Waals surface area contributed by atoms with Crippen molar-refractivity contribution in [3.63, 3.8) is 0 Å². The molecule has 146 valence electrons. The summed E-state index contributed by atoms with van der Waals surface area (Å²) in [5, 5.41) is 2.86. The molecule has 0 radical (unpaired) electrons. The molecule has 3 rings (SSSR count). The Labute approximate surface area is 168 Å². The van der Waals surface area contributed by atoms with Crippen LogP contribution in [0.15, 0.2) is 51.6 Å². The maximum absolute atomic E-state index is 12.6. The maximum Gasteiger partial charge on any atom is 0.252 e. The summed E-state index contributed by atoms with van der Waals surface area (Å²) in [7, 11) is -3.47. The summed E-state index contributed by atoms with van der Waals surface area (Å²) in [6.07, 6.45) is 0.421. The van der Waals surface area contributed by atoms with Gasteiger partial charge >= 0.3 is 0 Å². The lowest BCUT2D eigenvalue weighted by molar-refractivity contribution is -0.120. The van der Waals surface area contributed by atoms with Crippen molar-refractivity contribution in [2.45, 2.75) is 22.1 Å². The first-order chi connectivity index (χ1) is 13.1. The van der Waals surface area contributed by atoms with Gasteiger partial charge < -0.3 is 10.1 Å². The number of thiophene rings is 1. The van der Waals surface area contributed by atoms with Crippen molar-refractivity contribution in [2.75, 3.05) is 32.1 Å². The van der Waals surface area contributed by atoms with E-state index < -0.39 is 10.0 Å². The fourth-order valence-electron chi connectivity index (χ4n) is 2.56. The van der Waals surface area contributed by atoms with Crippen molar-refractivity contribution in [3.8, 4) is 0 Å². The molecule has 1 amide bonds. The Balaban J connectivity index is 1.45. The topological polar surface area (TPSA) is 75.7 Å². The fourth-order valence-corrected chi connectivity index (χ4v) is 6.29. The number of thioether (sulfide) groups is 1. The van der Waals surface area contributed by atoms with Gasteiger partial charge in [0.2, 0.25) is 5.91 Å². The molecule has 9 heteroatoms. The summed E-state index contributed by atoms with van der Waals surface area (Å²) in [6.45, 7) is 1.96. The van der Waals surface area contributed by atoms with Crippen LogP contribution in [0, 0.1) is 0 Å². The Morgan fingerprint density at radius 3 is 2.63 bits per heavy atom. The van der Waals surface area contributed by atoms with Crippen LogP contribution in [0.3, 0.4) is 0 Å². The number of rotatable bonds is 8. The lowest BCUT2D eigenvalue weighted by atomic mass is 10.4. The van der Waals surface area contributed by atoms with E-state index in [2.05, 4.69) is 5.32 Å². The molecule has 0 saturated carbocycles. The number of carbonyl (C=O) groups excluding carboxylic acids is 1. The predicted octanol–water partition coefficient (Wildman–Crippen LogP) is 2.57. The molecule has 0 bridgehead atoms. The van der Waals surface area contributed by atoms with Crippen molar-refractivity contribution < 1.29 is 17.9 Å². The number of sulfonamides is 1. The standard InChI is InChI=1S/C18H22N2O4S3/c21-17(8-13-25-15-4-2-1-3-5-15)19-14-16-6-7-18(26-16)27(22,23)20-9-11-24-12-10-20/h1-7H,8-14H2,(H,19,21). The largest absolute Gasteiger partial charge is 0.379 e. The van der Waals surface area contributed by atoms with Gasteiger partial charge in [0.15, 0.2) is 0 Å². The van der Waals surface area contributed by atoms with Crippen molar-refractivity contribution in [1.82, 2.24) is 9.62 Å². The van der Waals surface area contributed by atoms with Crippen molar-refractivity contribution in [2.24, 2.45) is 0 Å². The van der Waals surface area contributed by atoms with Crippen LogP contribution in [0.25, 0.3) is 0 Å². The second-order valence-electron chi connectivity index (χ2n) is 5.93.